The normalized spacial score (nSPS) is 20.0. The van der Waals surface area contributed by atoms with Crippen molar-refractivity contribution in [1.29, 1.82) is 0 Å². The molecule has 2 atom stereocenters. The summed E-state index contributed by atoms with van der Waals surface area (Å²) in [4.78, 5) is 29.2. The average molecular weight is 341 g/mol. The van der Waals surface area contributed by atoms with Crippen LogP contribution in [0.3, 0.4) is 0 Å². The van der Waals surface area contributed by atoms with Gasteiger partial charge in [-0.3, -0.25) is 19.2 Å². The van der Waals surface area contributed by atoms with Crippen molar-refractivity contribution in [2.45, 2.75) is 5.08 Å². The number of nitrogens with zero attached hydrogens (tertiary/aromatic N) is 1. The molecule has 1 aromatic rings. The molecule has 21 heavy (non-hydrogen) atoms. The largest absolute Gasteiger partial charge is 0.376 e. The number of non-ortho nitro benzene ring substituents is 1. The highest BCUT2D eigenvalue weighted by molar-refractivity contribution is 7.72. The van der Waals surface area contributed by atoms with E-state index in [9.17, 15) is 34.1 Å². The number of benzene rings is 1. The maximum atomic E-state index is 12.0. The third-order valence-electron chi connectivity index (χ3n) is 2.75. The Labute approximate surface area is 119 Å². The van der Waals surface area contributed by atoms with E-state index in [0.717, 1.165) is 38.5 Å². The van der Waals surface area contributed by atoms with Crippen LogP contribution in [0.1, 0.15) is 5.56 Å². The first-order valence-corrected chi connectivity index (χ1v) is 8.43. The van der Waals surface area contributed by atoms with Crippen LogP contribution in [0, 0.1) is 10.1 Å². The first-order chi connectivity index (χ1) is 9.53. The number of aliphatic hydroxyl groups is 1. The van der Waals surface area contributed by atoms with Gasteiger partial charge in [-0.15, -0.1) is 0 Å². The van der Waals surface area contributed by atoms with Crippen LogP contribution in [0.5, 0.6) is 0 Å². The van der Waals surface area contributed by atoms with Crippen LogP contribution in [0.15, 0.2) is 24.3 Å². The summed E-state index contributed by atoms with van der Waals surface area (Å²) in [7, 11) is -8.58. The number of rotatable bonds is 6. The molecule has 118 valence electrons. The van der Waals surface area contributed by atoms with E-state index < -0.39 is 30.8 Å². The molecule has 1 rings (SSSR count). The van der Waals surface area contributed by atoms with Gasteiger partial charge in [0.05, 0.1) is 4.92 Å². The summed E-state index contributed by atoms with van der Waals surface area (Å²) in [6.07, 6.45) is 0. The van der Waals surface area contributed by atoms with Crippen LogP contribution in [-0.2, 0) is 23.3 Å². The standard InChI is InChI=1S/C9H13NO9P2/c1-18-20(14,15)9(11,21(16,17)19-2)7-3-5-8(6-4-7)10(12)13/h3-6,11H,1-2H3,(H,14,15)(H,16,17). The molecule has 0 aliphatic heterocycles. The van der Waals surface area contributed by atoms with E-state index >= 15 is 0 Å². The fourth-order valence-electron chi connectivity index (χ4n) is 1.55. The molecule has 0 heterocycles. The first kappa shape index (κ1) is 17.9. The maximum absolute atomic E-state index is 12.0. The van der Waals surface area contributed by atoms with Gasteiger partial charge < -0.3 is 23.9 Å². The molecule has 0 spiro atoms. The number of hydrogen-bond donors (Lipinski definition) is 3. The van der Waals surface area contributed by atoms with Crippen LogP contribution in [-0.4, -0.2) is 34.0 Å². The van der Waals surface area contributed by atoms with Crippen molar-refractivity contribution in [3.05, 3.63) is 39.9 Å². The summed E-state index contributed by atoms with van der Waals surface area (Å²) in [6, 6.07) is 3.51. The Morgan fingerprint density at radius 3 is 1.76 bits per heavy atom. The van der Waals surface area contributed by atoms with Crippen LogP contribution in [0.2, 0.25) is 0 Å². The molecule has 2 unspecified atom stereocenters. The van der Waals surface area contributed by atoms with Crippen LogP contribution < -0.4 is 0 Å². The Kier molecular flexibility index (Phi) is 5.07. The highest BCUT2D eigenvalue weighted by Crippen LogP contribution is 2.76. The van der Waals surface area contributed by atoms with Crippen molar-refractivity contribution in [3.8, 4) is 0 Å². The third kappa shape index (κ3) is 2.93. The van der Waals surface area contributed by atoms with Crippen molar-refractivity contribution in [3.63, 3.8) is 0 Å². The van der Waals surface area contributed by atoms with Gasteiger partial charge >= 0.3 is 15.2 Å². The smallest absolute Gasteiger partial charge is 0.364 e. The highest BCUT2D eigenvalue weighted by atomic mass is 31.2. The highest BCUT2D eigenvalue weighted by Gasteiger charge is 2.63. The molecule has 0 aliphatic carbocycles. The Bertz CT molecular complexity index is 605. The molecule has 0 saturated heterocycles. The number of nitro groups is 1. The molecule has 0 fully saturated rings. The maximum Gasteiger partial charge on any atom is 0.376 e. The lowest BCUT2D eigenvalue weighted by Gasteiger charge is -2.33. The van der Waals surface area contributed by atoms with E-state index in [1.54, 1.807) is 0 Å². The van der Waals surface area contributed by atoms with Gasteiger partial charge in [0.1, 0.15) is 0 Å². The second-order valence-electron chi connectivity index (χ2n) is 3.85. The zero-order chi connectivity index (χ0) is 16.5. The van der Waals surface area contributed by atoms with Crippen molar-refractivity contribution in [2.24, 2.45) is 0 Å². The lowest BCUT2D eigenvalue weighted by molar-refractivity contribution is -0.384. The second-order valence-corrected chi connectivity index (χ2v) is 8.30. The fourth-order valence-corrected chi connectivity index (χ4v) is 4.77. The topological polar surface area (TPSA) is 156 Å². The summed E-state index contributed by atoms with van der Waals surface area (Å²) in [5.41, 5.74) is -0.912. The molecule has 1 aromatic carbocycles. The van der Waals surface area contributed by atoms with E-state index in [0.29, 0.717) is 0 Å². The first-order valence-electron chi connectivity index (χ1n) is 5.28. The summed E-state index contributed by atoms with van der Waals surface area (Å²) < 4.78 is 32.4. The summed E-state index contributed by atoms with van der Waals surface area (Å²) in [6.45, 7) is 0. The lowest BCUT2D eigenvalue weighted by Crippen LogP contribution is -2.27. The Hall–Kier alpha value is -1.12. The van der Waals surface area contributed by atoms with E-state index in [-0.39, 0.29) is 5.69 Å². The van der Waals surface area contributed by atoms with Crippen molar-refractivity contribution >= 4 is 20.9 Å². The van der Waals surface area contributed by atoms with Crippen LogP contribution >= 0.6 is 15.2 Å². The van der Waals surface area contributed by atoms with E-state index in [1.165, 1.54) is 0 Å². The predicted octanol–water partition coefficient (Wildman–Crippen LogP) is 1.36. The molecule has 0 radical (unpaired) electrons. The minimum Gasteiger partial charge on any atom is -0.364 e. The molecule has 10 nitrogen and oxygen atoms in total. The third-order valence-corrected chi connectivity index (χ3v) is 7.35. The summed E-state index contributed by atoms with van der Waals surface area (Å²) in [5.74, 6) is 0. The van der Waals surface area contributed by atoms with Gasteiger partial charge in [0.2, 0.25) is 0 Å². The predicted molar refractivity (Wildman–Crippen MR) is 70.7 cm³/mol. The van der Waals surface area contributed by atoms with E-state index in [1.807, 2.05) is 0 Å². The molecule has 0 bridgehead atoms. The Morgan fingerprint density at radius 2 is 1.48 bits per heavy atom. The van der Waals surface area contributed by atoms with Crippen molar-refractivity contribution < 1.29 is 38.0 Å². The Morgan fingerprint density at radius 1 is 1.10 bits per heavy atom. The number of hydrogen-bond acceptors (Lipinski definition) is 7. The van der Waals surface area contributed by atoms with Gasteiger partial charge in [0.15, 0.2) is 0 Å². The molecule has 0 amide bonds. The fraction of sp³-hybridized carbons (Fsp3) is 0.333. The van der Waals surface area contributed by atoms with Crippen molar-refractivity contribution in [1.82, 2.24) is 0 Å². The summed E-state index contributed by atoms with van der Waals surface area (Å²) in [5, 5.41) is 17.6. The van der Waals surface area contributed by atoms with Crippen LogP contribution in [0.25, 0.3) is 0 Å². The van der Waals surface area contributed by atoms with Gasteiger partial charge in [-0.25, -0.2) is 0 Å². The van der Waals surface area contributed by atoms with Gasteiger partial charge in [-0.1, -0.05) is 0 Å². The lowest BCUT2D eigenvalue weighted by atomic mass is 10.2. The van der Waals surface area contributed by atoms with Gasteiger partial charge in [0.25, 0.3) is 10.8 Å². The second kappa shape index (κ2) is 5.94. The van der Waals surface area contributed by atoms with E-state index in [4.69, 9.17) is 0 Å². The Balaban J connectivity index is 3.56. The summed E-state index contributed by atoms with van der Waals surface area (Å²) >= 11 is 0. The molecule has 12 heteroatoms. The molecule has 0 saturated carbocycles. The van der Waals surface area contributed by atoms with Gasteiger partial charge in [-0.05, 0) is 12.1 Å². The van der Waals surface area contributed by atoms with Crippen molar-refractivity contribution in [2.75, 3.05) is 14.2 Å². The SMILES string of the molecule is COP(=O)(O)C(O)(c1ccc([N+](=O)[O-])cc1)P(=O)(O)OC. The number of nitro benzene ring substituents is 1. The zero-order valence-corrected chi connectivity index (χ0v) is 12.7. The molecule has 0 aromatic heterocycles. The van der Waals surface area contributed by atoms with Gasteiger partial charge in [-0.2, -0.15) is 0 Å². The molecule has 0 aliphatic rings. The van der Waals surface area contributed by atoms with E-state index in [2.05, 4.69) is 9.05 Å². The molecular weight excluding hydrogens is 328 g/mol. The minimum atomic E-state index is -5.05. The quantitative estimate of drug-likeness (QED) is 0.395. The van der Waals surface area contributed by atoms with Crippen LogP contribution in [0.4, 0.5) is 5.69 Å². The minimum absolute atomic E-state index is 0.378. The average Bonchev–Trinajstić information content (AvgIpc) is 2.45. The molecule has 3 N–H and O–H groups in total. The van der Waals surface area contributed by atoms with Gasteiger partial charge in [0, 0.05) is 31.9 Å². The monoisotopic (exact) mass is 341 g/mol. The zero-order valence-electron chi connectivity index (χ0n) is 10.9. The molecular formula is C9H13NO9P2.